The molecule has 1 aromatic carbocycles. The number of hydrogen-bond acceptors (Lipinski definition) is 6. The lowest BCUT2D eigenvalue weighted by molar-refractivity contribution is -0.140. The van der Waals surface area contributed by atoms with Gasteiger partial charge in [-0.05, 0) is 43.0 Å². The Labute approximate surface area is 164 Å². The number of thioether (sulfide) groups is 1. The molecule has 1 aromatic heterocycles. The van der Waals surface area contributed by atoms with E-state index >= 15 is 0 Å². The molecule has 1 saturated carbocycles. The molecular formula is C20H27N3O3S. The molecule has 0 spiro atoms. The van der Waals surface area contributed by atoms with Gasteiger partial charge in [-0.2, -0.15) is 0 Å². The summed E-state index contributed by atoms with van der Waals surface area (Å²) in [6.45, 7) is 2.31. The van der Waals surface area contributed by atoms with Crippen molar-refractivity contribution < 1.29 is 14.3 Å². The summed E-state index contributed by atoms with van der Waals surface area (Å²) in [6, 6.07) is 8.32. The van der Waals surface area contributed by atoms with E-state index in [1.165, 1.54) is 26.4 Å². The highest BCUT2D eigenvalue weighted by Gasteiger charge is 2.28. The second-order valence-corrected chi connectivity index (χ2v) is 7.97. The third-order valence-electron chi connectivity index (χ3n) is 5.18. The van der Waals surface area contributed by atoms with Crippen molar-refractivity contribution in [1.29, 1.82) is 0 Å². The van der Waals surface area contributed by atoms with Crippen LogP contribution in [-0.4, -0.2) is 40.7 Å². The standard InChI is InChI=1S/C20H27N3O3S/c1-14-6-4-5-7-17(14)23-19(15-8-10-16(25-2)11-9-15)21-22-20(23)27-13-12-18(24)26-3/h8-11,14,17H,4-7,12-13H2,1-3H3/t14-,17+/m0/s1. The topological polar surface area (TPSA) is 66.2 Å². The summed E-state index contributed by atoms with van der Waals surface area (Å²) >= 11 is 1.57. The molecular weight excluding hydrogens is 362 g/mol. The Hall–Kier alpha value is -2.02. The molecule has 27 heavy (non-hydrogen) atoms. The van der Waals surface area contributed by atoms with Crippen molar-refractivity contribution >= 4 is 17.7 Å². The van der Waals surface area contributed by atoms with Crippen molar-refractivity contribution in [1.82, 2.24) is 14.8 Å². The summed E-state index contributed by atoms with van der Waals surface area (Å²) in [5.41, 5.74) is 1.03. The fourth-order valence-corrected chi connectivity index (χ4v) is 4.53. The lowest BCUT2D eigenvalue weighted by Gasteiger charge is -2.31. The number of nitrogens with zero attached hydrogens (tertiary/aromatic N) is 3. The van der Waals surface area contributed by atoms with Gasteiger partial charge in [0, 0.05) is 17.4 Å². The summed E-state index contributed by atoms with van der Waals surface area (Å²) in [6.07, 6.45) is 5.22. The fourth-order valence-electron chi connectivity index (χ4n) is 3.62. The molecule has 1 aliphatic carbocycles. The van der Waals surface area contributed by atoms with Crippen LogP contribution in [0.4, 0.5) is 0 Å². The predicted octanol–water partition coefficient (Wildman–Crippen LogP) is 4.36. The zero-order valence-corrected chi connectivity index (χ0v) is 17.0. The van der Waals surface area contributed by atoms with Gasteiger partial charge in [-0.15, -0.1) is 10.2 Å². The Morgan fingerprint density at radius 3 is 2.59 bits per heavy atom. The number of methoxy groups -OCH3 is 2. The van der Waals surface area contributed by atoms with Crippen molar-refractivity contribution in [3.63, 3.8) is 0 Å². The van der Waals surface area contributed by atoms with Crippen LogP contribution in [0.1, 0.15) is 45.1 Å². The van der Waals surface area contributed by atoms with Gasteiger partial charge in [0.25, 0.3) is 0 Å². The number of benzene rings is 1. The Morgan fingerprint density at radius 2 is 1.93 bits per heavy atom. The van der Waals surface area contributed by atoms with Crippen LogP contribution in [0.15, 0.2) is 29.4 Å². The van der Waals surface area contributed by atoms with Gasteiger partial charge in [0.15, 0.2) is 11.0 Å². The van der Waals surface area contributed by atoms with E-state index in [4.69, 9.17) is 9.47 Å². The van der Waals surface area contributed by atoms with Gasteiger partial charge in [0.1, 0.15) is 5.75 Å². The van der Waals surface area contributed by atoms with Crippen molar-refractivity contribution in [2.75, 3.05) is 20.0 Å². The van der Waals surface area contributed by atoms with Gasteiger partial charge in [-0.3, -0.25) is 9.36 Å². The van der Waals surface area contributed by atoms with Gasteiger partial charge in [0.05, 0.1) is 20.6 Å². The summed E-state index contributed by atoms with van der Waals surface area (Å²) in [4.78, 5) is 11.4. The smallest absolute Gasteiger partial charge is 0.306 e. The van der Waals surface area contributed by atoms with Gasteiger partial charge >= 0.3 is 5.97 Å². The lowest BCUT2D eigenvalue weighted by Crippen LogP contribution is -2.22. The molecule has 0 radical (unpaired) electrons. The minimum absolute atomic E-state index is 0.199. The van der Waals surface area contributed by atoms with Crippen molar-refractivity contribution in [3.8, 4) is 17.1 Å². The fraction of sp³-hybridized carbons (Fsp3) is 0.550. The first-order chi connectivity index (χ1) is 13.1. The number of carbonyl (C=O) groups is 1. The normalized spacial score (nSPS) is 19.7. The van der Waals surface area contributed by atoms with E-state index in [9.17, 15) is 4.79 Å². The quantitative estimate of drug-likeness (QED) is 0.518. The summed E-state index contributed by atoms with van der Waals surface area (Å²) < 4.78 is 12.3. The average Bonchev–Trinajstić information content (AvgIpc) is 3.12. The molecule has 0 bridgehead atoms. The minimum atomic E-state index is -0.199. The minimum Gasteiger partial charge on any atom is -0.497 e. The number of rotatable bonds is 7. The highest BCUT2D eigenvalue weighted by molar-refractivity contribution is 7.99. The lowest BCUT2D eigenvalue weighted by atomic mass is 9.85. The number of hydrogen-bond donors (Lipinski definition) is 0. The van der Waals surface area contributed by atoms with E-state index in [0.717, 1.165) is 28.7 Å². The van der Waals surface area contributed by atoms with E-state index in [0.29, 0.717) is 24.1 Å². The predicted molar refractivity (Wildman–Crippen MR) is 106 cm³/mol. The number of esters is 1. The third-order valence-corrected chi connectivity index (χ3v) is 6.12. The molecule has 0 aliphatic heterocycles. The molecule has 2 aromatic rings. The highest BCUT2D eigenvalue weighted by Crippen LogP contribution is 2.39. The Kier molecular flexibility index (Phi) is 6.77. The van der Waals surface area contributed by atoms with Crippen LogP contribution in [0.3, 0.4) is 0 Å². The van der Waals surface area contributed by atoms with E-state index in [1.54, 1.807) is 18.9 Å². The molecule has 0 amide bonds. The Balaban J connectivity index is 1.90. The maximum absolute atomic E-state index is 11.4. The average molecular weight is 390 g/mol. The first-order valence-electron chi connectivity index (χ1n) is 9.43. The molecule has 1 fully saturated rings. The molecule has 7 heteroatoms. The maximum Gasteiger partial charge on any atom is 0.306 e. The van der Waals surface area contributed by atoms with Gasteiger partial charge in [0.2, 0.25) is 0 Å². The molecule has 0 saturated heterocycles. The summed E-state index contributed by atoms with van der Waals surface area (Å²) in [7, 11) is 3.08. The van der Waals surface area contributed by atoms with Crippen LogP contribution in [0.25, 0.3) is 11.4 Å². The van der Waals surface area contributed by atoms with Crippen molar-refractivity contribution in [3.05, 3.63) is 24.3 Å². The molecule has 146 valence electrons. The zero-order valence-electron chi connectivity index (χ0n) is 16.2. The van der Waals surface area contributed by atoms with Gasteiger partial charge in [-0.1, -0.05) is 31.5 Å². The molecule has 1 aliphatic rings. The number of carbonyl (C=O) groups excluding carboxylic acids is 1. The molecule has 0 unspecified atom stereocenters. The zero-order chi connectivity index (χ0) is 19.2. The van der Waals surface area contributed by atoms with E-state index in [-0.39, 0.29) is 5.97 Å². The van der Waals surface area contributed by atoms with Crippen LogP contribution in [0.2, 0.25) is 0 Å². The number of aromatic nitrogens is 3. The van der Waals surface area contributed by atoms with Crippen LogP contribution in [0, 0.1) is 5.92 Å². The van der Waals surface area contributed by atoms with Crippen LogP contribution in [0.5, 0.6) is 5.75 Å². The highest BCUT2D eigenvalue weighted by atomic mass is 32.2. The van der Waals surface area contributed by atoms with Crippen molar-refractivity contribution in [2.45, 2.75) is 50.2 Å². The summed E-state index contributed by atoms with van der Waals surface area (Å²) in [5.74, 6) is 2.72. The van der Waals surface area contributed by atoms with Crippen LogP contribution >= 0.6 is 11.8 Å². The van der Waals surface area contributed by atoms with E-state index in [2.05, 4.69) is 21.7 Å². The third kappa shape index (κ3) is 4.64. The van der Waals surface area contributed by atoms with E-state index < -0.39 is 0 Å². The molecule has 6 nitrogen and oxygen atoms in total. The second kappa shape index (κ2) is 9.26. The van der Waals surface area contributed by atoms with Crippen molar-refractivity contribution in [2.24, 2.45) is 5.92 Å². The monoisotopic (exact) mass is 389 g/mol. The maximum atomic E-state index is 11.4. The Morgan fingerprint density at radius 1 is 1.19 bits per heavy atom. The SMILES string of the molecule is COC(=O)CCSc1nnc(-c2ccc(OC)cc2)n1[C@@H]1CCCC[C@@H]1C. The van der Waals surface area contributed by atoms with E-state index in [1.807, 2.05) is 24.3 Å². The summed E-state index contributed by atoms with van der Waals surface area (Å²) in [5, 5.41) is 9.84. The first kappa shape index (κ1) is 19.7. The second-order valence-electron chi connectivity index (χ2n) is 6.91. The number of ether oxygens (including phenoxy) is 2. The van der Waals surface area contributed by atoms with Gasteiger partial charge < -0.3 is 9.47 Å². The molecule has 2 atom stereocenters. The largest absolute Gasteiger partial charge is 0.497 e. The molecule has 0 N–H and O–H groups in total. The molecule has 3 rings (SSSR count). The first-order valence-corrected chi connectivity index (χ1v) is 10.4. The molecule has 1 heterocycles. The Bertz CT molecular complexity index is 760. The van der Waals surface area contributed by atoms with Crippen LogP contribution < -0.4 is 4.74 Å². The van der Waals surface area contributed by atoms with Crippen LogP contribution in [-0.2, 0) is 9.53 Å². The van der Waals surface area contributed by atoms with Gasteiger partial charge in [-0.25, -0.2) is 0 Å².